The van der Waals surface area contributed by atoms with Crippen molar-refractivity contribution in [3.63, 3.8) is 0 Å². The summed E-state index contributed by atoms with van der Waals surface area (Å²) in [5.41, 5.74) is 2.26. The van der Waals surface area contributed by atoms with Crippen molar-refractivity contribution in [2.45, 2.75) is 57.3 Å². The van der Waals surface area contributed by atoms with E-state index in [1.54, 1.807) is 0 Å². The number of rotatable bonds is 6. The van der Waals surface area contributed by atoms with Gasteiger partial charge in [0.05, 0.1) is 12.0 Å². The molecule has 0 spiro atoms. The summed E-state index contributed by atoms with van der Waals surface area (Å²) < 4.78 is 5.98. The van der Waals surface area contributed by atoms with Crippen LogP contribution < -0.4 is 15.0 Å². The number of ether oxygens (including phenoxy) is 1. The van der Waals surface area contributed by atoms with Crippen LogP contribution in [0.15, 0.2) is 54.6 Å². The highest BCUT2D eigenvalue weighted by Gasteiger charge is 2.29. The first kappa shape index (κ1) is 20.7. The van der Waals surface area contributed by atoms with Crippen molar-refractivity contribution in [2.24, 2.45) is 5.92 Å². The molecule has 1 heterocycles. The van der Waals surface area contributed by atoms with Crippen LogP contribution in [0.3, 0.4) is 0 Å². The van der Waals surface area contributed by atoms with Crippen LogP contribution in [0.1, 0.15) is 44.1 Å². The number of aliphatic hydroxyl groups is 1. The van der Waals surface area contributed by atoms with Crippen molar-refractivity contribution >= 4 is 11.6 Å². The number of carbonyl (C=O) groups excluding carboxylic acids is 1. The maximum absolute atomic E-state index is 12.8. The maximum atomic E-state index is 12.8. The number of hydrogen-bond acceptors (Lipinski definition) is 4. The molecule has 0 bridgehead atoms. The molecular formula is C25H32N2O3. The van der Waals surface area contributed by atoms with E-state index in [4.69, 9.17) is 4.74 Å². The summed E-state index contributed by atoms with van der Waals surface area (Å²) in [5, 5.41) is 12.9. The Bertz CT molecular complexity index is 818. The van der Waals surface area contributed by atoms with Gasteiger partial charge in [0.15, 0.2) is 0 Å². The third-order valence-corrected chi connectivity index (χ3v) is 6.27. The SMILES string of the molecule is O=C(NC1CCC(O)CC1)C1CCCN(c2cccc(OCc3ccccc3)c2)C1. The van der Waals surface area contributed by atoms with Gasteiger partial charge in [0.1, 0.15) is 12.4 Å². The molecule has 5 heteroatoms. The highest BCUT2D eigenvalue weighted by molar-refractivity contribution is 5.80. The molecule has 1 saturated carbocycles. The summed E-state index contributed by atoms with van der Waals surface area (Å²) in [6, 6.07) is 18.5. The number of carbonyl (C=O) groups is 1. The largest absolute Gasteiger partial charge is 0.489 e. The third kappa shape index (κ3) is 5.54. The number of piperidine rings is 1. The Morgan fingerprint density at radius 1 is 1.03 bits per heavy atom. The van der Waals surface area contributed by atoms with Crippen LogP contribution in [0, 0.1) is 5.92 Å². The van der Waals surface area contributed by atoms with Crippen molar-refractivity contribution in [1.82, 2.24) is 5.32 Å². The summed E-state index contributed by atoms with van der Waals surface area (Å²) in [6.45, 7) is 2.25. The van der Waals surface area contributed by atoms with E-state index in [2.05, 4.69) is 34.5 Å². The van der Waals surface area contributed by atoms with Crippen molar-refractivity contribution in [3.05, 3.63) is 60.2 Å². The van der Waals surface area contributed by atoms with E-state index in [9.17, 15) is 9.90 Å². The van der Waals surface area contributed by atoms with E-state index in [1.807, 2.05) is 30.3 Å². The van der Waals surface area contributed by atoms with Gasteiger partial charge >= 0.3 is 0 Å². The van der Waals surface area contributed by atoms with E-state index in [-0.39, 0.29) is 24.0 Å². The fraction of sp³-hybridized carbons (Fsp3) is 0.480. The molecule has 2 aliphatic rings. The van der Waals surface area contributed by atoms with Gasteiger partial charge in [0.25, 0.3) is 0 Å². The molecule has 5 nitrogen and oxygen atoms in total. The van der Waals surface area contributed by atoms with Crippen molar-refractivity contribution in [1.29, 1.82) is 0 Å². The van der Waals surface area contributed by atoms with Gasteiger partial charge in [-0.05, 0) is 56.2 Å². The number of hydrogen-bond donors (Lipinski definition) is 2. The van der Waals surface area contributed by atoms with Gasteiger partial charge in [-0.15, -0.1) is 0 Å². The lowest BCUT2D eigenvalue weighted by Crippen LogP contribution is -2.47. The Balaban J connectivity index is 1.33. The van der Waals surface area contributed by atoms with E-state index in [1.165, 1.54) is 0 Å². The van der Waals surface area contributed by atoms with E-state index < -0.39 is 0 Å². The molecule has 2 fully saturated rings. The molecule has 1 unspecified atom stereocenters. The summed E-state index contributed by atoms with van der Waals surface area (Å²) in [7, 11) is 0. The Labute approximate surface area is 179 Å². The predicted molar refractivity (Wildman–Crippen MR) is 119 cm³/mol. The maximum Gasteiger partial charge on any atom is 0.225 e. The number of benzene rings is 2. The molecule has 1 saturated heterocycles. The minimum atomic E-state index is -0.195. The van der Waals surface area contributed by atoms with Gasteiger partial charge in [-0.1, -0.05) is 36.4 Å². The molecule has 2 aromatic carbocycles. The highest BCUT2D eigenvalue weighted by atomic mass is 16.5. The van der Waals surface area contributed by atoms with E-state index in [0.29, 0.717) is 6.61 Å². The normalized spacial score (nSPS) is 24.3. The van der Waals surface area contributed by atoms with Crippen LogP contribution in [0.25, 0.3) is 0 Å². The monoisotopic (exact) mass is 408 g/mol. The number of anilines is 1. The second-order valence-electron chi connectivity index (χ2n) is 8.57. The fourth-order valence-electron chi connectivity index (χ4n) is 4.48. The van der Waals surface area contributed by atoms with Gasteiger partial charge < -0.3 is 20.1 Å². The van der Waals surface area contributed by atoms with Gasteiger partial charge in [0, 0.05) is 30.9 Å². The predicted octanol–water partition coefficient (Wildman–Crippen LogP) is 3.90. The number of nitrogens with one attached hydrogen (secondary N) is 1. The topological polar surface area (TPSA) is 61.8 Å². The molecule has 2 N–H and O–H groups in total. The first-order chi connectivity index (χ1) is 14.7. The first-order valence-corrected chi connectivity index (χ1v) is 11.2. The van der Waals surface area contributed by atoms with Crippen molar-refractivity contribution < 1.29 is 14.6 Å². The lowest BCUT2D eigenvalue weighted by molar-refractivity contribution is -0.126. The van der Waals surface area contributed by atoms with Crippen molar-refractivity contribution in [3.8, 4) is 5.75 Å². The summed E-state index contributed by atoms with van der Waals surface area (Å²) in [5.74, 6) is 1.03. The average molecular weight is 409 g/mol. The number of nitrogens with zero attached hydrogens (tertiary/aromatic N) is 1. The van der Waals surface area contributed by atoms with Crippen LogP contribution in [0.2, 0.25) is 0 Å². The Morgan fingerprint density at radius 2 is 1.83 bits per heavy atom. The standard InChI is InChI=1S/C25H32N2O3/c28-23-13-11-21(12-14-23)26-25(29)20-8-5-15-27(17-20)22-9-4-10-24(16-22)30-18-19-6-2-1-3-7-19/h1-4,6-7,9-10,16,20-21,23,28H,5,8,11-15,17-18H2,(H,26,29). The van der Waals surface area contributed by atoms with Crippen LogP contribution in [-0.2, 0) is 11.4 Å². The molecule has 0 aromatic heterocycles. The van der Waals surface area contributed by atoms with E-state index in [0.717, 1.165) is 68.6 Å². The number of aliphatic hydroxyl groups excluding tert-OH is 1. The second-order valence-corrected chi connectivity index (χ2v) is 8.57. The van der Waals surface area contributed by atoms with Gasteiger partial charge in [-0.3, -0.25) is 4.79 Å². The molecule has 1 aliphatic heterocycles. The zero-order chi connectivity index (χ0) is 20.8. The molecule has 1 atom stereocenters. The van der Waals surface area contributed by atoms with E-state index >= 15 is 0 Å². The van der Waals surface area contributed by atoms with Gasteiger partial charge in [0.2, 0.25) is 5.91 Å². The zero-order valence-corrected chi connectivity index (χ0v) is 17.5. The minimum absolute atomic E-state index is 0.0134. The Hall–Kier alpha value is -2.53. The van der Waals surface area contributed by atoms with Crippen LogP contribution in [0.4, 0.5) is 5.69 Å². The third-order valence-electron chi connectivity index (χ3n) is 6.27. The average Bonchev–Trinajstić information content (AvgIpc) is 2.80. The molecule has 1 amide bonds. The minimum Gasteiger partial charge on any atom is -0.489 e. The zero-order valence-electron chi connectivity index (χ0n) is 17.5. The van der Waals surface area contributed by atoms with Crippen molar-refractivity contribution in [2.75, 3.05) is 18.0 Å². The first-order valence-electron chi connectivity index (χ1n) is 11.2. The summed E-state index contributed by atoms with van der Waals surface area (Å²) >= 11 is 0. The van der Waals surface area contributed by atoms with Gasteiger partial charge in [-0.2, -0.15) is 0 Å². The fourth-order valence-corrected chi connectivity index (χ4v) is 4.48. The number of amides is 1. The molecule has 4 rings (SSSR count). The molecule has 0 radical (unpaired) electrons. The Kier molecular flexibility index (Phi) is 6.90. The molecular weight excluding hydrogens is 376 g/mol. The molecule has 2 aromatic rings. The highest BCUT2D eigenvalue weighted by Crippen LogP contribution is 2.27. The second kappa shape index (κ2) is 9.98. The van der Waals surface area contributed by atoms with Gasteiger partial charge in [-0.25, -0.2) is 0 Å². The lowest BCUT2D eigenvalue weighted by atomic mass is 9.91. The smallest absolute Gasteiger partial charge is 0.225 e. The quantitative estimate of drug-likeness (QED) is 0.761. The van der Waals surface area contributed by atoms with Crippen LogP contribution in [-0.4, -0.2) is 36.2 Å². The summed E-state index contributed by atoms with van der Waals surface area (Å²) in [4.78, 5) is 15.1. The lowest BCUT2D eigenvalue weighted by Gasteiger charge is -2.35. The summed E-state index contributed by atoms with van der Waals surface area (Å²) in [6.07, 6.45) is 5.08. The van der Waals surface area contributed by atoms with Crippen LogP contribution in [0.5, 0.6) is 5.75 Å². The molecule has 30 heavy (non-hydrogen) atoms. The molecule has 1 aliphatic carbocycles. The Morgan fingerprint density at radius 3 is 2.63 bits per heavy atom. The van der Waals surface area contributed by atoms with Crippen LogP contribution >= 0.6 is 0 Å². The molecule has 160 valence electrons.